The van der Waals surface area contributed by atoms with Gasteiger partial charge >= 0.3 is 0 Å². The van der Waals surface area contributed by atoms with Crippen molar-refractivity contribution in [2.24, 2.45) is 4.99 Å². The molecule has 2 heterocycles. The van der Waals surface area contributed by atoms with E-state index in [0.717, 1.165) is 61.5 Å². The molecular formula is C18H25ClIN5O. The largest absolute Gasteiger partial charge is 0.364 e. The molecule has 6 nitrogen and oxygen atoms in total. The lowest BCUT2D eigenvalue weighted by Crippen LogP contribution is -2.52. The summed E-state index contributed by atoms with van der Waals surface area (Å²) in [4.78, 5) is 9.48. The second kappa shape index (κ2) is 10.7. The van der Waals surface area contributed by atoms with Gasteiger partial charge in [-0.25, -0.2) is 4.99 Å². The highest BCUT2D eigenvalue weighted by atomic mass is 127. The summed E-state index contributed by atoms with van der Waals surface area (Å²) in [7, 11) is 0. The Morgan fingerprint density at radius 2 is 1.92 bits per heavy atom. The third kappa shape index (κ3) is 6.14. The number of aliphatic imine (C=N–C) groups is 1. The normalized spacial score (nSPS) is 15.6. The molecule has 0 bridgehead atoms. The Hall–Kier alpha value is -1.32. The zero-order valence-corrected chi connectivity index (χ0v) is 18.0. The molecule has 3 rings (SSSR count). The van der Waals surface area contributed by atoms with E-state index in [0.29, 0.717) is 6.54 Å². The van der Waals surface area contributed by atoms with Crippen molar-refractivity contribution < 1.29 is 4.52 Å². The van der Waals surface area contributed by atoms with Gasteiger partial charge in [0, 0.05) is 50.4 Å². The van der Waals surface area contributed by atoms with Crippen LogP contribution in [0.1, 0.15) is 18.2 Å². The third-order valence-electron chi connectivity index (χ3n) is 4.21. The van der Waals surface area contributed by atoms with Crippen LogP contribution in [-0.4, -0.2) is 53.6 Å². The molecule has 0 amide bonds. The highest BCUT2D eigenvalue weighted by Crippen LogP contribution is 2.11. The van der Waals surface area contributed by atoms with Gasteiger partial charge in [-0.05, 0) is 24.6 Å². The minimum absolute atomic E-state index is 0. The summed E-state index contributed by atoms with van der Waals surface area (Å²) >= 11 is 5.94. The summed E-state index contributed by atoms with van der Waals surface area (Å²) in [5.41, 5.74) is 2.14. The Morgan fingerprint density at radius 3 is 2.54 bits per heavy atom. The number of rotatable bonds is 5. The fourth-order valence-corrected chi connectivity index (χ4v) is 2.97. The molecule has 8 heteroatoms. The molecule has 2 aromatic rings. The summed E-state index contributed by atoms with van der Waals surface area (Å²) in [6.07, 6.45) is 1.62. The molecule has 0 aliphatic carbocycles. The molecule has 0 saturated carbocycles. The van der Waals surface area contributed by atoms with E-state index in [9.17, 15) is 0 Å². The minimum Gasteiger partial charge on any atom is -0.364 e. The molecule has 1 aromatic carbocycles. The van der Waals surface area contributed by atoms with E-state index in [-0.39, 0.29) is 24.0 Å². The van der Waals surface area contributed by atoms with Crippen molar-refractivity contribution in [2.75, 3.05) is 32.7 Å². The van der Waals surface area contributed by atoms with Gasteiger partial charge in [0.15, 0.2) is 5.96 Å². The van der Waals surface area contributed by atoms with Gasteiger partial charge in [-0.2, -0.15) is 0 Å². The first-order valence-corrected chi connectivity index (χ1v) is 9.01. The van der Waals surface area contributed by atoms with Gasteiger partial charge in [0.2, 0.25) is 0 Å². The van der Waals surface area contributed by atoms with Crippen LogP contribution in [-0.2, 0) is 13.1 Å². The molecule has 0 radical (unpaired) electrons. The second-order valence-corrected chi connectivity index (χ2v) is 6.49. The van der Waals surface area contributed by atoms with Gasteiger partial charge in [0.25, 0.3) is 0 Å². The molecule has 0 unspecified atom stereocenters. The van der Waals surface area contributed by atoms with Crippen LogP contribution in [0.2, 0.25) is 5.02 Å². The van der Waals surface area contributed by atoms with Crippen molar-refractivity contribution in [3.8, 4) is 0 Å². The Bertz CT molecular complexity index is 669. The molecule has 0 spiro atoms. The van der Waals surface area contributed by atoms with Crippen molar-refractivity contribution in [3.63, 3.8) is 0 Å². The molecule has 1 aliphatic heterocycles. The molecule has 1 aliphatic rings. The first kappa shape index (κ1) is 21.0. The highest BCUT2D eigenvalue weighted by Gasteiger charge is 2.20. The van der Waals surface area contributed by atoms with E-state index in [2.05, 4.69) is 27.2 Å². The summed E-state index contributed by atoms with van der Waals surface area (Å²) < 4.78 is 4.90. The van der Waals surface area contributed by atoms with Crippen molar-refractivity contribution >= 4 is 41.5 Å². The quantitative estimate of drug-likeness (QED) is 0.397. The van der Waals surface area contributed by atoms with E-state index >= 15 is 0 Å². The van der Waals surface area contributed by atoms with Crippen LogP contribution >= 0.6 is 35.6 Å². The van der Waals surface area contributed by atoms with Crippen LogP contribution in [0.25, 0.3) is 0 Å². The fourth-order valence-electron chi connectivity index (χ4n) is 2.85. The van der Waals surface area contributed by atoms with Crippen LogP contribution in [0, 0.1) is 0 Å². The number of hydrogen-bond acceptors (Lipinski definition) is 4. The van der Waals surface area contributed by atoms with Gasteiger partial charge in [-0.3, -0.25) is 4.90 Å². The topological polar surface area (TPSA) is 56.9 Å². The van der Waals surface area contributed by atoms with Gasteiger partial charge < -0.3 is 14.7 Å². The summed E-state index contributed by atoms with van der Waals surface area (Å²) in [5.74, 6) is 0.971. The lowest BCUT2D eigenvalue weighted by molar-refractivity contribution is 0.169. The van der Waals surface area contributed by atoms with Crippen LogP contribution in [0.5, 0.6) is 0 Å². The monoisotopic (exact) mass is 489 g/mol. The molecule has 1 N–H and O–H groups in total. The van der Waals surface area contributed by atoms with Crippen molar-refractivity contribution in [2.45, 2.75) is 20.0 Å². The summed E-state index contributed by atoms with van der Waals surface area (Å²) in [5, 5.41) is 8.14. The van der Waals surface area contributed by atoms with Gasteiger partial charge in [-0.1, -0.05) is 28.9 Å². The van der Waals surface area contributed by atoms with Crippen LogP contribution < -0.4 is 5.32 Å². The Morgan fingerprint density at radius 1 is 1.19 bits per heavy atom. The number of halogens is 2. The summed E-state index contributed by atoms with van der Waals surface area (Å²) in [6.45, 7) is 8.31. The molecule has 142 valence electrons. The second-order valence-electron chi connectivity index (χ2n) is 6.05. The standard InChI is InChI=1S/C18H24ClN5O.HI/c1-2-20-18(21-13-15-3-5-16(19)6-4-15)24-10-8-23(9-11-24)14-17-7-12-25-22-17;/h3-7,12H,2,8-11,13-14H2,1H3,(H,20,21);1H. The smallest absolute Gasteiger partial charge is 0.194 e. The van der Waals surface area contributed by atoms with E-state index in [4.69, 9.17) is 21.1 Å². The zero-order valence-electron chi connectivity index (χ0n) is 14.9. The minimum atomic E-state index is 0. The third-order valence-corrected chi connectivity index (χ3v) is 4.46. The number of benzene rings is 1. The van der Waals surface area contributed by atoms with E-state index in [1.807, 2.05) is 30.3 Å². The van der Waals surface area contributed by atoms with Crippen molar-refractivity contribution in [3.05, 3.63) is 52.9 Å². The van der Waals surface area contributed by atoms with Crippen molar-refractivity contribution in [1.82, 2.24) is 20.3 Å². The number of hydrogen-bond donors (Lipinski definition) is 1. The van der Waals surface area contributed by atoms with Gasteiger partial charge in [0.05, 0.1) is 12.2 Å². The summed E-state index contributed by atoms with van der Waals surface area (Å²) in [6, 6.07) is 9.77. The van der Waals surface area contributed by atoms with Crippen LogP contribution in [0.4, 0.5) is 0 Å². The molecule has 1 fully saturated rings. The predicted molar refractivity (Wildman–Crippen MR) is 115 cm³/mol. The molecule has 1 aromatic heterocycles. The molecule has 0 atom stereocenters. The Labute approximate surface area is 176 Å². The maximum atomic E-state index is 5.94. The number of guanidine groups is 1. The van der Waals surface area contributed by atoms with E-state index in [1.54, 1.807) is 6.26 Å². The zero-order chi connectivity index (χ0) is 17.5. The number of piperazine rings is 1. The van der Waals surface area contributed by atoms with E-state index in [1.165, 1.54) is 0 Å². The fraction of sp³-hybridized carbons (Fsp3) is 0.444. The molecule has 1 saturated heterocycles. The molecule has 26 heavy (non-hydrogen) atoms. The highest BCUT2D eigenvalue weighted by molar-refractivity contribution is 14.0. The van der Waals surface area contributed by atoms with Gasteiger partial charge in [-0.15, -0.1) is 24.0 Å². The Kier molecular flexibility index (Phi) is 8.67. The lowest BCUT2D eigenvalue weighted by atomic mass is 10.2. The van der Waals surface area contributed by atoms with Gasteiger partial charge in [0.1, 0.15) is 6.26 Å². The van der Waals surface area contributed by atoms with E-state index < -0.39 is 0 Å². The lowest BCUT2D eigenvalue weighted by Gasteiger charge is -2.36. The number of aromatic nitrogens is 1. The predicted octanol–water partition coefficient (Wildman–Crippen LogP) is 3.23. The van der Waals surface area contributed by atoms with Crippen LogP contribution in [0.3, 0.4) is 0 Å². The number of nitrogens with zero attached hydrogens (tertiary/aromatic N) is 4. The molecular weight excluding hydrogens is 465 g/mol. The maximum Gasteiger partial charge on any atom is 0.194 e. The Balaban J connectivity index is 0.00000243. The first-order valence-electron chi connectivity index (χ1n) is 8.64. The van der Waals surface area contributed by atoms with Crippen LogP contribution in [0.15, 0.2) is 46.1 Å². The first-order chi connectivity index (χ1) is 12.2. The average molecular weight is 490 g/mol. The van der Waals surface area contributed by atoms with Crippen molar-refractivity contribution in [1.29, 1.82) is 0 Å². The average Bonchev–Trinajstić information content (AvgIpc) is 3.14. The maximum absolute atomic E-state index is 5.94. The SMILES string of the molecule is CCNC(=NCc1ccc(Cl)cc1)N1CCN(Cc2ccon2)CC1.I. The number of nitrogens with one attached hydrogen (secondary N) is 1.